The zero-order valence-corrected chi connectivity index (χ0v) is 13.9. The maximum atomic E-state index is 13.3. The van der Waals surface area contributed by atoms with Crippen molar-refractivity contribution in [2.45, 2.75) is 10.9 Å². The second-order valence-electron chi connectivity index (χ2n) is 5.52. The van der Waals surface area contributed by atoms with Crippen molar-refractivity contribution in [2.24, 2.45) is 7.05 Å². The van der Waals surface area contributed by atoms with Gasteiger partial charge in [-0.25, -0.2) is 18.7 Å². The average molecular weight is 358 g/mol. The molecule has 0 saturated carbocycles. The van der Waals surface area contributed by atoms with Crippen LogP contribution < -0.4 is 5.56 Å². The zero-order chi connectivity index (χ0) is 17.6. The highest BCUT2D eigenvalue weighted by atomic mass is 32.2. The zero-order valence-electron chi connectivity index (χ0n) is 13.1. The molecule has 0 spiro atoms. The van der Waals surface area contributed by atoms with Gasteiger partial charge in [0.1, 0.15) is 5.82 Å². The number of imidazole rings is 1. The van der Waals surface area contributed by atoms with Gasteiger partial charge in [-0.2, -0.15) is 0 Å². The molecule has 2 heterocycles. The van der Waals surface area contributed by atoms with Crippen LogP contribution in [0, 0.1) is 11.6 Å². The number of aromatic nitrogens is 4. The van der Waals surface area contributed by atoms with Gasteiger partial charge in [-0.15, -0.1) is 0 Å². The quantitative estimate of drug-likeness (QED) is 0.570. The third-order valence-corrected chi connectivity index (χ3v) is 4.79. The summed E-state index contributed by atoms with van der Waals surface area (Å²) < 4.78 is 28.0. The van der Waals surface area contributed by atoms with Crippen LogP contribution >= 0.6 is 11.8 Å². The van der Waals surface area contributed by atoms with Gasteiger partial charge >= 0.3 is 0 Å². The fraction of sp³-hybridized carbons (Fsp3) is 0.118. The molecule has 0 bridgehead atoms. The topological polar surface area (TPSA) is 63.6 Å². The van der Waals surface area contributed by atoms with Crippen LogP contribution in [-0.4, -0.2) is 19.5 Å². The van der Waals surface area contributed by atoms with E-state index in [2.05, 4.69) is 15.0 Å². The molecule has 0 atom stereocenters. The number of hydrogen-bond donors (Lipinski definition) is 1. The number of benzene rings is 2. The van der Waals surface area contributed by atoms with Crippen molar-refractivity contribution in [3.63, 3.8) is 0 Å². The SMILES string of the molecule is Cn1c(CSc2nc3cc(F)c(F)cc3[nH]2)nc2ccccc2c1=O. The van der Waals surface area contributed by atoms with Crippen molar-refractivity contribution in [3.8, 4) is 0 Å². The first-order chi connectivity index (χ1) is 12.0. The van der Waals surface area contributed by atoms with Crippen molar-refractivity contribution in [1.82, 2.24) is 19.5 Å². The molecule has 0 radical (unpaired) electrons. The standard InChI is InChI=1S/C17H12F2N4OS/c1-23-15(20-12-5-3-2-4-9(12)16(23)24)8-25-17-21-13-6-10(18)11(19)7-14(13)22-17/h2-7H,8H2,1H3,(H,21,22). The molecule has 0 fully saturated rings. The van der Waals surface area contributed by atoms with Crippen molar-refractivity contribution in [1.29, 1.82) is 0 Å². The van der Waals surface area contributed by atoms with Crippen molar-refractivity contribution >= 4 is 33.7 Å². The third-order valence-electron chi connectivity index (χ3n) is 3.92. The van der Waals surface area contributed by atoms with E-state index in [1.54, 1.807) is 25.2 Å². The summed E-state index contributed by atoms with van der Waals surface area (Å²) in [7, 11) is 1.67. The lowest BCUT2D eigenvalue weighted by Gasteiger charge is -2.08. The first-order valence-corrected chi connectivity index (χ1v) is 8.43. The fourth-order valence-electron chi connectivity index (χ4n) is 2.58. The Hall–Kier alpha value is -2.74. The number of rotatable bonds is 3. The Labute approximate surface area is 144 Å². The first-order valence-electron chi connectivity index (χ1n) is 7.45. The minimum Gasteiger partial charge on any atom is -0.333 e. The Kier molecular flexibility index (Phi) is 3.76. The lowest BCUT2D eigenvalue weighted by atomic mass is 10.2. The van der Waals surface area contributed by atoms with E-state index >= 15 is 0 Å². The average Bonchev–Trinajstić information content (AvgIpc) is 2.99. The normalized spacial score (nSPS) is 11.5. The van der Waals surface area contributed by atoms with Crippen molar-refractivity contribution in [2.75, 3.05) is 0 Å². The predicted molar refractivity (Wildman–Crippen MR) is 92.6 cm³/mol. The monoisotopic (exact) mass is 358 g/mol. The van der Waals surface area contributed by atoms with E-state index in [0.29, 0.717) is 38.7 Å². The van der Waals surface area contributed by atoms with Crippen LogP contribution in [0.15, 0.2) is 46.3 Å². The molecule has 4 aromatic rings. The molecule has 1 N–H and O–H groups in total. The van der Waals surface area contributed by atoms with Gasteiger partial charge < -0.3 is 4.98 Å². The largest absolute Gasteiger partial charge is 0.333 e. The molecule has 4 rings (SSSR count). The van der Waals surface area contributed by atoms with Crippen molar-refractivity contribution in [3.05, 3.63) is 64.2 Å². The van der Waals surface area contributed by atoms with Gasteiger partial charge in [-0.05, 0) is 12.1 Å². The van der Waals surface area contributed by atoms with Crippen molar-refractivity contribution < 1.29 is 8.78 Å². The Balaban J connectivity index is 1.66. The third kappa shape index (κ3) is 2.78. The summed E-state index contributed by atoms with van der Waals surface area (Å²) in [6, 6.07) is 9.28. The molecule has 5 nitrogen and oxygen atoms in total. The molecule has 0 aliphatic heterocycles. The summed E-state index contributed by atoms with van der Waals surface area (Å²) in [6.45, 7) is 0. The van der Waals surface area contributed by atoms with Crippen LogP contribution in [0.1, 0.15) is 5.82 Å². The second-order valence-corrected chi connectivity index (χ2v) is 6.49. The molecule has 0 aliphatic rings. The summed E-state index contributed by atoms with van der Waals surface area (Å²) in [5.74, 6) is -0.881. The number of nitrogens with zero attached hydrogens (tertiary/aromatic N) is 3. The summed E-state index contributed by atoms with van der Waals surface area (Å²) in [5, 5.41) is 1.07. The summed E-state index contributed by atoms with van der Waals surface area (Å²) in [6.07, 6.45) is 0. The van der Waals surface area contributed by atoms with Gasteiger partial charge in [0.25, 0.3) is 5.56 Å². The van der Waals surface area contributed by atoms with E-state index in [9.17, 15) is 13.6 Å². The maximum absolute atomic E-state index is 13.3. The predicted octanol–water partition coefficient (Wildman–Crippen LogP) is 3.38. The van der Waals surface area contributed by atoms with E-state index in [1.165, 1.54) is 16.3 Å². The number of hydrogen-bond acceptors (Lipinski definition) is 4. The summed E-state index contributed by atoms with van der Waals surface area (Å²) in [4.78, 5) is 24.1. The molecule has 2 aromatic heterocycles. The van der Waals surface area contributed by atoms with E-state index in [1.807, 2.05) is 6.07 Å². The van der Waals surface area contributed by atoms with Gasteiger partial charge in [0, 0.05) is 19.2 Å². The minimum atomic E-state index is -0.936. The van der Waals surface area contributed by atoms with Crippen LogP contribution in [0.4, 0.5) is 8.78 Å². The van der Waals surface area contributed by atoms with Crippen LogP contribution in [-0.2, 0) is 12.8 Å². The molecule has 0 unspecified atom stereocenters. The molecule has 0 aliphatic carbocycles. The van der Waals surface area contributed by atoms with E-state index in [4.69, 9.17) is 0 Å². The molecule has 25 heavy (non-hydrogen) atoms. The van der Waals surface area contributed by atoms with Gasteiger partial charge in [0.2, 0.25) is 0 Å². The second kappa shape index (κ2) is 5.96. The Morgan fingerprint density at radius 2 is 1.88 bits per heavy atom. The van der Waals surface area contributed by atoms with E-state index in [0.717, 1.165) is 12.1 Å². The number of para-hydroxylation sites is 1. The highest BCUT2D eigenvalue weighted by Crippen LogP contribution is 2.24. The van der Waals surface area contributed by atoms with Crippen LogP contribution in [0.2, 0.25) is 0 Å². The lowest BCUT2D eigenvalue weighted by Crippen LogP contribution is -2.21. The Bertz CT molecular complexity index is 1130. The van der Waals surface area contributed by atoms with E-state index in [-0.39, 0.29) is 5.56 Å². The highest BCUT2D eigenvalue weighted by molar-refractivity contribution is 7.98. The molecule has 126 valence electrons. The van der Waals surface area contributed by atoms with Crippen LogP contribution in [0.5, 0.6) is 0 Å². The molecule has 0 saturated heterocycles. The Morgan fingerprint density at radius 1 is 1.12 bits per heavy atom. The summed E-state index contributed by atoms with van der Waals surface area (Å²) >= 11 is 1.31. The molecule has 0 amide bonds. The number of halogens is 2. The smallest absolute Gasteiger partial charge is 0.261 e. The number of thioether (sulfide) groups is 1. The van der Waals surface area contributed by atoms with Gasteiger partial charge in [0.15, 0.2) is 16.8 Å². The molecule has 2 aromatic carbocycles. The first kappa shape index (κ1) is 15.8. The Morgan fingerprint density at radius 3 is 2.72 bits per heavy atom. The number of aromatic amines is 1. The van der Waals surface area contributed by atoms with Crippen LogP contribution in [0.25, 0.3) is 21.9 Å². The number of fused-ring (bicyclic) bond motifs is 2. The highest BCUT2D eigenvalue weighted by Gasteiger charge is 2.12. The summed E-state index contributed by atoms with van der Waals surface area (Å²) in [5.41, 5.74) is 1.29. The van der Waals surface area contributed by atoms with Gasteiger partial charge in [-0.3, -0.25) is 9.36 Å². The lowest BCUT2D eigenvalue weighted by molar-refractivity contribution is 0.510. The van der Waals surface area contributed by atoms with E-state index < -0.39 is 11.6 Å². The number of H-pyrrole nitrogens is 1. The van der Waals surface area contributed by atoms with Gasteiger partial charge in [0.05, 0.1) is 27.7 Å². The molecular weight excluding hydrogens is 346 g/mol. The maximum Gasteiger partial charge on any atom is 0.261 e. The minimum absolute atomic E-state index is 0.116. The number of nitrogens with one attached hydrogen (secondary N) is 1. The van der Waals surface area contributed by atoms with Crippen LogP contribution in [0.3, 0.4) is 0 Å². The fourth-order valence-corrected chi connectivity index (χ4v) is 3.44. The molecule has 8 heteroatoms. The molecular formula is C17H12F2N4OS. The van der Waals surface area contributed by atoms with Gasteiger partial charge in [-0.1, -0.05) is 23.9 Å².